The number of hydrogen-bond acceptors (Lipinski definition) is 7. The lowest BCUT2D eigenvalue weighted by atomic mass is 10.1. The van der Waals surface area contributed by atoms with Gasteiger partial charge in [-0.25, -0.2) is 4.98 Å². The van der Waals surface area contributed by atoms with Gasteiger partial charge in [0.2, 0.25) is 0 Å². The number of likely N-dealkylation sites (N-methyl/N-ethyl adjacent to an activating group) is 1. The van der Waals surface area contributed by atoms with E-state index in [1.165, 1.54) is 10.8 Å². The van der Waals surface area contributed by atoms with Crippen LogP contribution in [0.3, 0.4) is 0 Å². The Morgan fingerprint density at radius 3 is 2.17 bits per heavy atom. The van der Waals surface area contributed by atoms with Gasteiger partial charge in [-0.05, 0) is 36.2 Å². The van der Waals surface area contributed by atoms with Gasteiger partial charge in [-0.15, -0.1) is 12.4 Å². The Morgan fingerprint density at radius 1 is 0.800 bits per heavy atom. The highest BCUT2D eigenvalue weighted by Gasteiger charge is 2.20. The zero-order valence-electron chi connectivity index (χ0n) is 20.9. The Kier molecular flexibility index (Phi) is 10.4. The number of anilines is 1. The second-order valence-electron chi connectivity index (χ2n) is 8.32. The van der Waals surface area contributed by atoms with Crippen LogP contribution in [0, 0.1) is 0 Å². The summed E-state index contributed by atoms with van der Waals surface area (Å²) in [6.45, 7) is 9.30. The topological polar surface area (TPSA) is 56.3 Å². The van der Waals surface area contributed by atoms with Gasteiger partial charge in [0.25, 0.3) is 0 Å². The summed E-state index contributed by atoms with van der Waals surface area (Å²) in [6, 6.07) is 16.6. The summed E-state index contributed by atoms with van der Waals surface area (Å²) in [7, 11) is 3.32. The maximum atomic E-state index is 5.99. The van der Waals surface area contributed by atoms with Gasteiger partial charge in [0.05, 0.1) is 18.9 Å². The molecule has 0 unspecified atom stereocenters. The molecule has 0 saturated carbocycles. The zero-order chi connectivity index (χ0) is 23.8. The third-order valence-corrected chi connectivity index (χ3v) is 6.17. The quantitative estimate of drug-likeness (QED) is 0.358. The number of fused-ring (bicyclic) bond motifs is 1. The first-order valence-corrected chi connectivity index (χ1v) is 12.0. The van der Waals surface area contributed by atoms with Gasteiger partial charge >= 0.3 is 0 Å². The van der Waals surface area contributed by atoms with Crippen LogP contribution in [0.15, 0.2) is 48.5 Å². The highest BCUT2D eigenvalue weighted by molar-refractivity contribution is 5.95. The van der Waals surface area contributed by atoms with Crippen LogP contribution in [-0.4, -0.2) is 83.3 Å². The number of pyridine rings is 1. The SMILES string of the molecule is CCN1CCN(c2nc(-c3ccc(OCCOC)c(OCCOC)c3)cc3ccccc23)CC1.Cl. The molecule has 190 valence electrons. The number of ether oxygens (including phenoxy) is 4. The van der Waals surface area contributed by atoms with Gasteiger partial charge < -0.3 is 28.7 Å². The number of halogens is 1. The lowest BCUT2D eigenvalue weighted by molar-refractivity contribution is 0.132. The maximum Gasteiger partial charge on any atom is 0.161 e. The molecule has 0 spiro atoms. The summed E-state index contributed by atoms with van der Waals surface area (Å²) in [5.41, 5.74) is 1.91. The van der Waals surface area contributed by atoms with Gasteiger partial charge in [0, 0.05) is 51.3 Å². The highest BCUT2D eigenvalue weighted by Crippen LogP contribution is 2.35. The van der Waals surface area contributed by atoms with Crippen molar-refractivity contribution in [1.29, 1.82) is 0 Å². The van der Waals surface area contributed by atoms with Crippen LogP contribution < -0.4 is 14.4 Å². The molecule has 1 aliphatic rings. The Labute approximate surface area is 214 Å². The van der Waals surface area contributed by atoms with Gasteiger partial charge in [0.15, 0.2) is 11.5 Å². The molecule has 1 fully saturated rings. The number of benzene rings is 2. The maximum absolute atomic E-state index is 5.99. The van der Waals surface area contributed by atoms with E-state index in [1.54, 1.807) is 14.2 Å². The molecular formula is C27H36ClN3O4. The number of nitrogens with zero attached hydrogens (tertiary/aromatic N) is 3. The number of piperazine rings is 1. The van der Waals surface area contributed by atoms with Crippen molar-refractivity contribution in [2.45, 2.75) is 6.92 Å². The Morgan fingerprint density at radius 2 is 1.49 bits per heavy atom. The van der Waals surface area contributed by atoms with Crippen molar-refractivity contribution in [3.63, 3.8) is 0 Å². The molecule has 1 saturated heterocycles. The van der Waals surface area contributed by atoms with Gasteiger partial charge in [-0.1, -0.05) is 31.2 Å². The smallest absolute Gasteiger partial charge is 0.161 e. The molecule has 2 aromatic carbocycles. The van der Waals surface area contributed by atoms with Crippen molar-refractivity contribution in [2.75, 3.05) is 78.3 Å². The van der Waals surface area contributed by atoms with Crippen LogP contribution in [-0.2, 0) is 9.47 Å². The molecule has 0 N–H and O–H groups in total. The average molecular weight is 502 g/mol. The van der Waals surface area contributed by atoms with Crippen molar-refractivity contribution in [1.82, 2.24) is 9.88 Å². The standard InChI is InChI=1S/C27H35N3O4.ClH/c1-4-29-11-13-30(14-12-29)27-23-8-6-5-7-21(23)19-24(28-27)22-9-10-25(33-17-15-31-2)26(20-22)34-18-16-32-3;/h5-10,19-20H,4,11-18H2,1-3H3;1H. The van der Waals surface area contributed by atoms with E-state index >= 15 is 0 Å². The van der Waals surface area contributed by atoms with Crippen molar-refractivity contribution >= 4 is 29.0 Å². The minimum absolute atomic E-state index is 0. The van der Waals surface area contributed by atoms with E-state index in [0.717, 1.165) is 49.8 Å². The summed E-state index contributed by atoms with van der Waals surface area (Å²) >= 11 is 0. The van der Waals surface area contributed by atoms with E-state index in [4.69, 9.17) is 23.9 Å². The van der Waals surface area contributed by atoms with Crippen LogP contribution in [0.4, 0.5) is 5.82 Å². The second-order valence-corrected chi connectivity index (χ2v) is 8.32. The molecule has 2 heterocycles. The summed E-state index contributed by atoms with van der Waals surface area (Å²) in [4.78, 5) is 10.0. The predicted molar refractivity (Wildman–Crippen MR) is 143 cm³/mol. The van der Waals surface area contributed by atoms with Crippen molar-refractivity contribution < 1.29 is 18.9 Å². The van der Waals surface area contributed by atoms with Crippen molar-refractivity contribution in [3.05, 3.63) is 48.5 Å². The molecule has 0 amide bonds. The molecule has 3 aromatic rings. The Balaban J connectivity index is 0.00000342. The zero-order valence-corrected chi connectivity index (χ0v) is 21.7. The minimum atomic E-state index is 0. The monoisotopic (exact) mass is 501 g/mol. The fraction of sp³-hybridized carbons (Fsp3) is 0.444. The molecule has 1 aromatic heterocycles. The normalized spacial score (nSPS) is 14.1. The Hall–Kier alpha value is -2.58. The highest BCUT2D eigenvalue weighted by atomic mass is 35.5. The van der Waals surface area contributed by atoms with Crippen LogP contribution >= 0.6 is 12.4 Å². The fourth-order valence-corrected chi connectivity index (χ4v) is 4.21. The lowest BCUT2D eigenvalue weighted by Gasteiger charge is -2.35. The summed E-state index contributed by atoms with van der Waals surface area (Å²) in [5, 5.41) is 2.37. The van der Waals surface area contributed by atoms with E-state index in [0.29, 0.717) is 37.9 Å². The van der Waals surface area contributed by atoms with E-state index in [1.807, 2.05) is 18.2 Å². The van der Waals surface area contributed by atoms with E-state index in [-0.39, 0.29) is 12.4 Å². The van der Waals surface area contributed by atoms with Gasteiger partial charge in [0.1, 0.15) is 19.0 Å². The van der Waals surface area contributed by atoms with Gasteiger partial charge in [-0.3, -0.25) is 0 Å². The average Bonchev–Trinajstić information content (AvgIpc) is 2.89. The lowest BCUT2D eigenvalue weighted by Crippen LogP contribution is -2.46. The molecule has 0 radical (unpaired) electrons. The molecule has 0 bridgehead atoms. The van der Waals surface area contributed by atoms with Crippen LogP contribution in [0.25, 0.3) is 22.0 Å². The largest absolute Gasteiger partial charge is 0.487 e. The summed E-state index contributed by atoms with van der Waals surface area (Å²) in [6.07, 6.45) is 0. The third kappa shape index (κ3) is 6.76. The molecule has 35 heavy (non-hydrogen) atoms. The molecular weight excluding hydrogens is 466 g/mol. The molecule has 4 rings (SSSR count). The van der Waals surface area contributed by atoms with Gasteiger partial charge in [-0.2, -0.15) is 0 Å². The minimum Gasteiger partial charge on any atom is -0.487 e. The number of methoxy groups -OCH3 is 2. The first-order chi connectivity index (χ1) is 16.7. The van der Waals surface area contributed by atoms with Crippen LogP contribution in [0.5, 0.6) is 11.5 Å². The summed E-state index contributed by atoms with van der Waals surface area (Å²) < 4.78 is 22.2. The van der Waals surface area contributed by atoms with Crippen molar-refractivity contribution in [2.24, 2.45) is 0 Å². The molecule has 0 aliphatic carbocycles. The molecule has 8 heteroatoms. The number of rotatable bonds is 11. The first-order valence-electron chi connectivity index (χ1n) is 12.0. The van der Waals surface area contributed by atoms with Crippen LogP contribution in [0.1, 0.15) is 6.92 Å². The number of aromatic nitrogens is 1. The van der Waals surface area contributed by atoms with E-state index in [2.05, 4.69) is 47.1 Å². The third-order valence-electron chi connectivity index (χ3n) is 6.17. The van der Waals surface area contributed by atoms with Crippen LogP contribution in [0.2, 0.25) is 0 Å². The molecule has 0 atom stereocenters. The van der Waals surface area contributed by atoms with E-state index < -0.39 is 0 Å². The fourth-order valence-electron chi connectivity index (χ4n) is 4.21. The first kappa shape index (κ1) is 27.0. The second kappa shape index (κ2) is 13.5. The number of hydrogen-bond donors (Lipinski definition) is 0. The summed E-state index contributed by atoms with van der Waals surface area (Å²) in [5.74, 6) is 2.42. The van der Waals surface area contributed by atoms with E-state index in [9.17, 15) is 0 Å². The Bertz CT molecular complexity index is 1070. The molecule has 1 aliphatic heterocycles. The van der Waals surface area contributed by atoms with Crippen molar-refractivity contribution in [3.8, 4) is 22.8 Å². The predicted octanol–water partition coefficient (Wildman–Crippen LogP) is 4.52. The molecule has 7 nitrogen and oxygen atoms in total.